The molecule has 0 bridgehead atoms. The van der Waals surface area contributed by atoms with Crippen molar-refractivity contribution in [3.63, 3.8) is 0 Å². The molecule has 0 aromatic heterocycles. The highest BCUT2D eigenvalue weighted by molar-refractivity contribution is 7.80. The van der Waals surface area contributed by atoms with Crippen LogP contribution in [0.3, 0.4) is 0 Å². The number of fused-ring (bicyclic) bond motifs is 5. The van der Waals surface area contributed by atoms with Gasteiger partial charge in [0.2, 0.25) is 0 Å². The van der Waals surface area contributed by atoms with Gasteiger partial charge in [0.1, 0.15) is 18.3 Å². The maximum atomic E-state index is 11.5. The van der Waals surface area contributed by atoms with Crippen LogP contribution in [0.25, 0.3) is 0 Å². The van der Waals surface area contributed by atoms with Crippen LogP contribution in [0.1, 0.15) is 72.6 Å². The van der Waals surface area contributed by atoms with Gasteiger partial charge in [-0.05, 0) is 93.3 Å². The largest absolute Gasteiger partial charge is 0.397 e. The Morgan fingerprint density at radius 2 is 1.76 bits per heavy atom. The lowest BCUT2D eigenvalue weighted by molar-refractivity contribution is -0.315. The fourth-order valence-corrected chi connectivity index (χ4v) is 9.56. The van der Waals surface area contributed by atoms with Crippen LogP contribution in [0.5, 0.6) is 0 Å². The monoisotopic (exact) mass is 560 g/mol. The summed E-state index contributed by atoms with van der Waals surface area (Å²) >= 11 is 0. The third kappa shape index (κ3) is 4.79. The summed E-state index contributed by atoms with van der Waals surface area (Å²) < 4.78 is 49.7. The Hall–Kier alpha value is -0.630. The molecule has 0 radical (unpaired) electrons. The van der Waals surface area contributed by atoms with Gasteiger partial charge in [0.15, 0.2) is 6.29 Å². The molecule has 1 saturated heterocycles. The Morgan fingerprint density at radius 3 is 2.42 bits per heavy atom. The molecule has 11 heteroatoms. The third-order valence-corrected chi connectivity index (χ3v) is 11.5. The molecular formula is C27H44O10S. The van der Waals surface area contributed by atoms with E-state index in [0.717, 1.165) is 19.3 Å². The standard InChI is InChI=1S/C27H44O10S/c1-13(28)17-5-6-18-16-12-21(36-25-24(31)23(30)22(29)14(2)35-25)20-11-15(37-38(32,33)34)7-9-27(20,4)19(16)8-10-26(17,18)3/h8,13-18,20-25,28-31H,5-7,9-12H2,1-4H3,(H,32,33,34)/t13-,14-,15-,16-,17+,18-,20+,21-,22-,23+,24-,25+,26+,27+/m0/s1. The summed E-state index contributed by atoms with van der Waals surface area (Å²) in [5, 5.41) is 41.8. The van der Waals surface area contributed by atoms with Crippen molar-refractivity contribution in [2.75, 3.05) is 0 Å². The summed E-state index contributed by atoms with van der Waals surface area (Å²) in [5.41, 5.74) is 0.993. The van der Waals surface area contributed by atoms with Gasteiger partial charge >= 0.3 is 10.4 Å². The smallest absolute Gasteiger partial charge is 0.393 e. The van der Waals surface area contributed by atoms with Crippen molar-refractivity contribution in [2.24, 2.45) is 34.5 Å². The predicted molar refractivity (Wildman–Crippen MR) is 136 cm³/mol. The van der Waals surface area contributed by atoms with E-state index in [9.17, 15) is 33.4 Å². The highest BCUT2D eigenvalue weighted by Gasteiger charge is 2.61. The summed E-state index contributed by atoms with van der Waals surface area (Å²) in [4.78, 5) is 0. The lowest BCUT2D eigenvalue weighted by Gasteiger charge is -2.59. The van der Waals surface area contributed by atoms with E-state index in [1.807, 2.05) is 6.92 Å². The van der Waals surface area contributed by atoms with Crippen LogP contribution in [0.15, 0.2) is 11.6 Å². The van der Waals surface area contributed by atoms with Crippen molar-refractivity contribution in [1.82, 2.24) is 0 Å². The molecule has 218 valence electrons. The SMILES string of the molecule is C[C@H](O)[C@H]1CC[C@H]2[C@@H]3C[C@H](O[C@H]4O[C@@H](C)[C@H](O)[C@@H](O)[C@@H]4O)[C@H]4C[C@@H](OS(=O)(=O)O)CC[C@]4(C)C3=CC[C@]12C. The number of aliphatic hydroxyl groups excluding tert-OH is 4. The predicted octanol–water partition coefficient (Wildman–Crippen LogP) is 1.96. The highest BCUT2D eigenvalue weighted by atomic mass is 32.3. The maximum Gasteiger partial charge on any atom is 0.397 e. The van der Waals surface area contributed by atoms with Crippen LogP contribution < -0.4 is 0 Å². The van der Waals surface area contributed by atoms with Crippen molar-refractivity contribution in [3.05, 3.63) is 11.6 Å². The number of hydrogen-bond donors (Lipinski definition) is 5. The highest BCUT2D eigenvalue weighted by Crippen LogP contribution is 2.66. The first kappa shape index (κ1) is 28.9. The van der Waals surface area contributed by atoms with E-state index in [1.165, 1.54) is 5.57 Å². The minimum absolute atomic E-state index is 0.0446. The third-order valence-electron chi connectivity index (χ3n) is 11.0. The Bertz CT molecular complexity index is 1030. The van der Waals surface area contributed by atoms with Gasteiger partial charge in [-0.15, -0.1) is 0 Å². The van der Waals surface area contributed by atoms with Crippen molar-refractivity contribution in [1.29, 1.82) is 0 Å². The van der Waals surface area contributed by atoms with Gasteiger partial charge in [0.25, 0.3) is 0 Å². The minimum atomic E-state index is -4.62. The average Bonchev–Trinajstić information content (AvgIpc) is 3.18. The van der Waals surface area contributed by atoms with E-state index >= 15 is 0 Å². The molecule has 10 nitrogen and oxygen atoms in total. The molecule has 38 heavy (non-hydrogen) atoms. The van der Waals surface area contributed by atoms with Gasteiger partial charge < -0.3 is 29.9 Å². The maximum absolute atomic E-state index is 11.5. The number of ether oxygens (including phenoxy) is 2. The van der Waals surface area contributed by atoms with E-state index in [4.69, 9.17) is 13.7 Å². The van der Waals surface area contributed by atoms with Crippen LogP contribution in [0.2, 0.25) is 0 Å². The molecular weight excluding hydrogens is 516 g/mol. The van der Waals surface area contributed by atoms with Crippen LogP contribution in [0.4, 0.5) is 0 Å². The Balaban J connectivity index is 1.48. The average molecular weight is 561 g/mol. The zero-order chi connectivity index (χ0) is 27.8. The zero-order valence-corrected chi connectivity index (χ0v) is 23.5. The van der Waals surface area contributed by atoms with Gasteiger partial charge in [-0.3, -0.25) is 4.55 Å². The van der Waals surface area contributed by atoms with E-state index < -0.39 is 59.4 Å². The second kappa shape index (κ2) is 10.0. The van der Waals surface area contributed by atoms with Crippen molar-refractivity contribution < 1.29 is 47.1 Å². The van der Waals surface area contributed by atoms with Crippen LogP contribution >= 0.6 is 0 Å². The molecule has 0 spiro atoms. The summed E-state index contributed by atoms with van der Waals surface area (Å²) in [6.45, 7) is 7.96. The van der Waals surface area contributed by atoms with Gasteiger partial charge in [-0.1, -0.05) is 25.5 Å². The molecule has 4 fully saturated rings. The summed E-state index contributed by atoms with van der Waals surface area (Å²) in [5.74, 6) is 0.562. The minimum Gasteiger partial charge on any atom is -0.393 e. The van der Waals surface area contributed by atoms with Crippen LogP contribution in [0, 0.1) is 34.5 Å². The first-order chi connectivity index (χ1) is 17.7. The number of hydrogen-bond acceptors (Lipinski definition) is 9. The van der Waals surface area contributed by atoms with Gasteiger partial charge in [0.05, 0.1) is 24.4 Å². The van der Waals surface area contributed by atoms with Crippen LogP contribution in [-0.2, 0) is 24.1 Å². The summed E-state index contributed by atoms with van der Waals surface area (Å²) in [6.07, 6.45) is -0.291. The van der Waals surface area contributed by atoms with E-state index in [0.29, 0.717) is 31.6 Å². The molecule has 14 atom stereocenters. The molecule has 5 N–H and O–H groups in total. The summed E-state index contributed by atoms with van der Waals surface area (Å²) in [6, 6.07) is 0. The molecule has 1 heterocycles. The number of rotatable bonds is 5. The Kier molecular flexibility index (Phi) is 7.62. The van der Waals surface area contributed by atoms with Gasteiger partial charge in [0, 0.05) is 0 Å². The van der Waals surface area contributed by atoms with E-state index in [2.05, 4.69) is 19.9 Å². The fourth-order valence-electron chi connectivity index (χ4n) is 9.05. The first-order valence-corrected chi connectivity index (χ1v) is 15.4. The fraction of sp³-hybridized carbons (Fsp3) is 0.926. The molecule has 4 aliphatic carbocycles. The molecule has 0 aromatic rings. The molecule has 5 rings (SSSR count). The Morgan fingerprint density at radius 1 is 1.05 bits per heavy atom. The number of allylic oxidation sites excluding steroid dienone is 2. The molecule has 1 aliphatic heterocycles. The first-order valence-electron chi connectivity index (χ1n) is 14.0. The quantitative estimate of drug-likeness (QED) is 0.248. The van der Waals surface area contributed by atoms with Gasteiger partial charge in [-0.25, -0.2) is 4.18 Å². The number of aliphatic hydroxyl groups is 4. The van der Waals surface area contributed by atoms with Gasteiger partial charge in [-0.2, -0.15) is 8.42 Å². The Labute approximate surface area is 225 Å². The molecule has 0 unspecified atom stereocenters. The van der Waals surface area contributed by atoms with E-state index in [1.54, 1.807) is 6.92 Å². The second-order valence-electron chi connectivity index (χ2n) is 13.0. The van der Waals surface area contributed by atoms with Crippen molar-refractivity contribution in [3.8, 4) is 0 Å². The zero-order valence-electron chi connectivity index (χ0n) is 22.6. The molecule has 0 amide bonds. The van der Waals surface area contributed by atoms with Crippen molar-refractivity contribution in [2.45, 2.75) is 122 Å². The van der Waals surface area contributed by atoms with Crippen LogP contribution in [-0.4, -0.2) is 82.4 Å². The molecule has 0 aromatic carbocycles. The topological polar surface area (TPSA) is 163 Å². The normalized spacial score (nSPS) is 51.9. The summed E-state index contributed by atoms with van der Waals surface area (Å²) in [7, 11) is -4.62. The van der Waals surface area contributed by atoms with E-state index in [-0.39, 0.29) is 28.6 Å². The molecule has 5 aliphatic rings. The lowest BCUT2D eigenvalue weighted by atomic mass is 9.48. The molecule has 3 saturated carbocycles. The van der Waals surface area contributed by atoms with Crippen molar-refractivity contribution >= 4 is 10.4 Å². The lowest BCUT2D eigenvalue weighted by Crippen LogP contribution is -2.60. The second-order valence-corrected chi connectivity index (χ2v) is 14.1.